The average Bonchev–Trinajstić information content (AvgIpc) is 2.96. The first-order valence-corrected chi connectivity index (χ1v) is 12.5. The predicted molar refractivity (Wildman–Crippen MR) is 111 cm³/mol. The van der Waals surface area contributed by atoms with Gasteiger partial charge in [0.05, 0.1) is 13.2 Å². The van der Waals surface area contributed by atoms with Gasteiger partial charge in [0.15, 0.2) is 0 Å². The van der Waals surface area contributed by atoms with Crippen LogP contribution in [0.3, 0.4) is 0 Å². The van der Waals surface area contributed by atoms with Crippen molar-refractivity contribution in [3.8, 4) is 10.6 Å². The standard InChI is InChI=1S/C14H18N3O2PS4/c1-4-18-20(22,19-5-2)24-14(21)15-13-17-16-12(23-13)11-8-6-10(3)7-9-11/h6-9H,4-5H2,1-3H3,(H,15,17,21). The smallest absolute Gasteiger partial charge is 0.254 e. The average molecular weight is 420 g/mol. The summed E-state index contributed by atoms with van der Waals surface area (Å²) in [6.45, 7) is 6.80. The van der Waals surface area contributed by atoms with Crippen molar-refractivity contribution >= 4 is 61.9 Å². The van der Waals surface area contributed by atoms with Crippen LogP contribution < -0.4 is 5.32 Å². The number of benzene rings is 1. The highest BCUT2D eigenvalue weighted by atomic mass is 32.9. The number of nitrogens with one attached hydrogen (secondary N) is 1. The van der Waals surface area contributed by atoms with E-state index in [-0.39, 0.29) is 0 Å². The van der Waals surface area contributed by atoms with E-state index in [1.54, 1.807) is 0 Å². The summed E-state index contributed by atoms with van der Waals surface area (Å²) in [6.07, 6.45) is 0. The van der Waals surface area contributed by atoms with Gasteiger partial charge in [0.2, 0.25) is 5.13 Å². The topological polar surface area (TPSA) is 56.3 Å². The van der Waals surface area contributed by atoms with E-state index in [0.717, 1.165) is 10.6 Å². The molecule has 1 aromatic carbocycles. The van der Waals surface area contributed by atoms with Crippen LogP contribution in [0.4, 0.5) is 5.13 Å². The lowest BCUT2D eigenvalue weighted by molar-refractivity contribution is 0.281. The van der Waals surface area contributed by atoms with Crippen molar-refractivity contribution in [3.05, 3.63) is 29.8 Å². The fourth-order valence-corrected chi connectivity index (χ4v) is 8.15. The summed E-state index contributed by atoms with van der Waals surface area (Å²) < 4.78 is 11.6. The molecular formula is C14H18N3O2PS4. The Bertz CT molecular complexity index is 726. The minimum atomic E-state index is -2.47. The molecule has 130 valence electrons. The maximum Gasteiger partial charge on any atom is 0.254 e. The van der Waals surface area contributed by atoms with Crippen LogP contribution in [0.15, 0.2) is 24.3 Å². The molecule has 0 aliphatic carbocycles. The number of hydrogen-bond acceptors (Lipinski definition) is 8. The third-order valence-electron chi connectivity index (χ3n) is 2.70. The Morgan fingerprint density at radius 3 is 2.42 bits per heavy atom. The summed E-state index contributed by atoms with van der Waals surface area (Å²) in [6, 6.07) is 8.14. The second-order valence-corrected chi connectivity index (χ2v) is 12.3. The van der Waals surface area contributed by atoms with E-state index in [2.05, 4.69) is 15.5 Å². The quantitative estimate of drug-likeness (QED) is 0.483. The molecule has 0 aliphatic rings. The molecule has 0 bridgehead atoms. The van der Waals surface area contributed by atoms with Crippen LogP contribution in [-0.2, 0) is 20.9 Å². The first-order chi connectivity index (χ1) is 11.5. The molecule has 0 spiro atoms. The monoisotopic (exact) mass is 419 g/mol. The molecule has 1 N–H and O–H groups in total. The highest BCUT2D eigenvalue weighted by molar-refractivity contribution is 8.75. The van der Waals surface area contributed by atoms with E-state index in [0.29, 0.717) is 22.7 Å². The second-order valence-electron chi connectivity index (χ2n) is 4.56. The Balaban J connectivity index is 2.02. The van der Waals surface area contributed by atoms with Crippen LogP contribution in [0.1, 0.15) is 19.4 Å². The summed E-state index contributed by atoms with van der Waals surface area (Å²) in [5, 5.41) is 12.8. The van der Waals surface area contributed by atoms with Crippen molar-refractivity contribution < 1.29 is 9.05 Å². The highest BCUT2D eigenvalue weighted by Crippen LogP contribution is 2.61. The van der Waals surface area contributed by atoms with Gasteiger partial charge in [-0.25, -0.2) is 0 Å². The minimum Gasteiger partial charge on any atom is -0.322 e. The summed E-state index contributed by atoms with van der Waals surface area (Å²) in [5.74, 6) is 0. The SMILES string of the molecule is CCOP(=S)(OCC)SC(=S)Nc1nnc(-c2ccc(C)cc2)s1. The summed E-state index contributed by atoms with van der Waals surface area (Å²) >= 11 is 13.5. The first kappa shape index (κ1) is 19.9. The number of nitrogens with zero attached hydrogens (tertiary/aromatic N) is 2. The fraction of sp³-hybridized carbons (Fsp3) is 0.357. The molecule has 0 amide bonds. The molecule has 0 saturated carbocycles. The zero-order valence-corrected chi connectivity index (χ0v) is 17.7. The van der Waals surface area contributed by atoms with Crippen molar-refractivity contribution in [1.29, 1.82) is 0 Å². The Kier molecular flexibility index (Phi) is 7.74. The lowest BCUT2D eigenvalue weighted by Gasteiger charge is -2.19. The minimum absolute atomic E-state index is 0.479. The van der Waals surface area contributed by atoms with Gasteiger partial charge < -0.3 is 14.4 Å². The largest absolute Gasteiger partial charge is 0.322 e. The highest BCUT2D eigenvalue weighted by Gasteiger charge is 2.22. The normalized spacial score (nSPS) is 11.5. The van der Waals surface area contributed by atoms with Crippen LogP contribution in [0, 0.1) is 6.92 Å². The summed E-state index contributed by atoms with van der Waals surface area (Å²) in [4.78, 5) is 0. The van der Waals surface area contributed by atoms with Crippen LogP contribution in [0.25, 0.3) is 10.6 Å². The molecule has 1 heterocycles. The van der Waals surface area contributed by atoms with Gasteiger partial charge in [-0.1, -0.05) is 53.4 Å². The number of hydrogen-bond donors (Lipinski definition) is 1. The van der Waals surface area contributed by atoms with E-state index < -0.39 is 5.69 Å². The molecule has 0 saturated heterocycles. The molecule has 24 heavy (non-hydrogen) atoms. The van der Waals surface area contributed by atoms with Gasteiger partial charge in [0, 0.05) is 5.56 Å². The third kappa shape index (κ3) is 5.84. The van der Waals surface area contributed by atoms with E-state index in [4.69, 9.17) is 33.1 Å². The van der Waals surface area contributed by atoms with Gasteiger partial charge >= 0.3 is 0 Å². The van der Waals surface area contributed by atoms with E-state index in [9.17, 15) is 0 Å². The first-order valence-electron chi connectivity index (χ1n) is 7.26. The van der Waals surface area contributed by atoms with Gasteiger partial charge in [-0.15, -0.1) is 10.2 Å². The molecule has 2 aromatic rings. The van der Waals surface area contributed by atoms with Crippen LogP contribution >= 0.6 is 40.6 Å². The number of thiocarbonyl (C=S) groups is 1. The molecule has 0 aliphatic heterocycles. The third-order valence-corrected chi connectivity index (χ3v) is 9.11. The van der Waals surface area contributed by atoms with Crippen molar-refractivity contribution in [1.82, 2.24) is 10.2 Å². The van der Waals surface area contributed by atoms with Gasteiger partial charge in [-0.3, -0.25) is 0 Å². The Labute approximate surface area is 160 Å². The molecule has 1 aromatic heterocycles. The summed E-state index contributed by atoms with van der Waals surface area (Å²) in [5.41, 5.74) is -0.235. The molecule has 0 atom stereocenters. The number of aryl methyl sites for hydroxylation is 1. The Hall–Kier alpha value is -0.410. The molecule has 0 unspecified atom stereocenters. The lowest BCUT2D eigenvalue weighted by atomic mass is 10.2. The zero-order valence-electron chi connectivity index (χ0n) is 13.5. The Morgan fingerprint density at radius 1 is 1.21 bits per heavy atom. The molecule has 0 fully saturated rings. The molecule has 10 heteroatoms. The van der Waals surface area contributed by atoms with E-state index in [1.165, 1.54) is 28.3 Å². The zero-order chi connectivity index (χ0) is 17.6. The van der Waals surface area contributed by atoms with Crippen LogP contribution in [0.2, 0.25) is 0 Å². The predicted octanol–water partition coefficient (Wildman–Crippen LogP) is 5.24. The van der Waals surface area contributed by atoms with Gasteiger partial charge in [-0.05, 0) is 44.0 Å². The van der Waals surface area contributed by atoms with Crippen molar-refractivity contribution in [2.75, 3.05) is 18.5 Å². The maximum absolute atomic E-state index is 5.57. The lowest BCUT2D eigenvalue weighted by Crippen LogP contribution is -2.05. The number of aromatic nitrogens is 2. The van der Waals surface area contributed by atoms with Gasteiger partial charge in [-0.2, -0.15) is 0 Å². The summed E-state index contributed by atoms with van der Waals surface area (Å²) in [7, 11) is 0. The number of anilines is 1. The van der Waals surface area contributed by atoms with Crippen LogP contribution in [0.5, 0.6) is 0 Å². The van der Waals surface area contributed by atoms with Crippen molar-refractivity contribution in [2.45, 2.75) is 20.8 Å². The van der Waals surface area contributed by atoms with Gasteiger partial charge in [0.1, 0.15) is 9.33 Å². The molecular weight excluding hydrogens is 401 g/mol. The van der Waals surface area contributed by atoms with Crippen molar-refractivity contribution in [2.24, 2.45) is 0 Å². The fourth-order valence-electron chi connectivity index (χ4n) is 1.70. The molecule has 0 radical (unpaired) electrons. The van der Waals surface area contributed by atoms with E-state index in [1.807, 2.05) is 45.0 Å². The van der Waals surface area contributed by atoms with E-state index >= 15 is 0 Å². The van der Waals surface area contributed by atoms with Crippen molar-refractivity contribution in [3.63, 3.8) is 0 Å². The van der Waals surface area contributed by atoms with Gasteiger partial charge in [0.25, 0.3) is 5.69 Å². The maximum atomic E-state index is 5.57. The second kappa shape index (κ2) is 9.33. The Morgan fingerprint density at radius 2 is 1.83 bits per heavy atom. The number of rotatable bonds is 7. The molecule has 5 nitrogen and oxygen atoms in total. The molecule has 2 rings (SSSR count). The van der Waals surface area contributed by atoms with Crippen LogP contribution in [-0.4, -0.2) is 27.7 Å².